The minimum atomic E-state index is -0.222. The highest BCUT2D eigenvalue weighted by atomic mass is 19.1. The van der Waals surface area contributed by atoms with Gasteiger partial charge in [0.1, 0.15) is 24.7 Å². The second kappa shape index (κ2) is 6.90. The van der Waals surface area contributed by atoms with Crippen LogP contribution in [0, 0.1) is 5.82 Å². The monoisotopic (exact) mass is 260 g/mol. The molecular formula is C16H19FNO+. The standard InChI is InChI=1S/C16H18FNO/c1-2-18-11-13-7-4-6-10-16(13)19-12-14-8-3-5-9-15(14)17/h3-10,18H,2,11-12H2,1H3/p+1. The van der Waals surface area contributed by atoms with Crippen LogP contribution in [0.5, 0.6) is 5.75 Å². The van der Waals surface area contributed by atoms with Crippen molar-refractivity contribution < 1.29 is 14.4 Å². The fourth-order valence-corrected chi connectivity index (χ4v) is 1.88. The molecular weight excluding hydrogens is 241 g/mol. The Morgan fingerprint density at radius 1 is 1.00 bits per heavy atom. The van der Waals surface area contributed by atoms with E-state index in [0.717, 1.165) is 24.4 Å². The van der Waals surface area contributed by atoms with Crippen LogP contribution >= 0.6 is 0 Å². The molecule has 0 aliphatic rings. The number of hydrogen-bond donors (Lipinski definition) is 1. The molecule has 0 saturated heterocycles. The first-order valence-corrected chi connectivity index (χ1v) is 6.57. The first kappa shape index (κ1) is 13.6. The summed E-state index contributed by atoms with van der Waals surface area (Å²) in [5.74, 6) is 0.607. The number of quaternary nitrogens is 1. The summed E-state index contributed by atoms with van der Waals surface area (Å²) < 4.78 is 19.3. The summed E-state index contributed by atoms with van der Waals surface area (Å²) in [7, 11) is 0. The van der Waals surface area contributed by atoms with Crippen LogP contribution in [0.3, 0.4) is 0 Å². The zero-order valence-electron chi connectivity index (χ0n) is 11.1. The molecule has 19 heavy (non-hydrogen) atoms. The smallest absolute Gasteiger partial charge is 0.129 e. The van der Waals surface area contributed by atoms with Crippen LogP contribution in [0.2, 0.25) is 0 Å². The fourth-order valence-electron chi connectivity index (χ4n) is 1.88. The molecule has 0 amide bonds. The van der Waals surface area contributed by atoms with Gasteiger partial charge in [-0.25, -0.2) is 4.39 Å². The second-order valence-corrected chi connectivity index (χ2v) is 4.39. The number of nitrogens with two attached hydrogens (primary N) is 1. The van der Waals surface area contributed by atoms with Gasteiger partial charge < -0.3 is 10.1 Å². The van der Waals surface area contributed by atoms with Crippen molar-refractivity contribution in [3.05, 3.63) is 65.5 Å². The Labute approximate surface area is 113 Å². The van der Waals surface area contributed by atoms with Gasteiger partial charge in [-0.2, -0.15) is 0 Å². The molecule has 2 nitrogen and oxygen atoms in total. The van der Waals surface area contributed by atoms with Crippen molar-refractivity contribution in [3.63, 3.8) is 0 Å². The Hall–Kier alpha value is -1.87. The Kier molecular flexibility index (Phi) is 4.93. The van der Waals surface area contributed by atoms with Gasteiger partial charge in [0.25, 0.3) is 0 Å². The molecule has 2 aromatic carbocycles. The SMILES string of the molecule is CC[NH2+]Cc1ccccc1OCc1ccccc1F. The first-order chi connectivity index (χ1) is 9.31. The maximum atomic E-state index is 13.5. The predicted molar refractivity (Wildman–Crippen MR) is 73.3 cm³/mol. The van der Waals surface area contributed by atoms with E-state index in [4.69, 9.17) is 4.74 Å². The average molecular weight is 260 g/mol. The van der Waals surface area contributed by atoms with E-state index in [1.807, 2.05) is 30.3 Å². The molecule has 0 aliphatic heterocycles. The summed E-state index contributed by atoms with van der Waals surface area (Å²) in [6, 6.07) is 14.6. The van der Waals surface area contributed by atoms with Crippen LogP contribution in [0.1, 0.15) is 18.1 Å². The van der Waals surface area contributed by atoms with Crippen molar-refractivity contribution >= 4 is 0 Å². The molecule has 2 rings (SSSR count). The molecule has 0 spiro atoms. The molecule has 0 aromatic heterocycles. The lowest BCUT2D eigenvalue weighted by Gasteiger charge is -2.11. The highest BCUT2D eigenvalue weighted by molar-refractivity contribution is 5.32. The predicted octanol–water partition coefficient (Wildman–Crippen LogP) is 2.49. The van der Waals surface area contributed by atoms with Gasteiger partial charge in [-0.1, -0.05) is 30.3 Å². The summed E-state index contributed by atoms with van der Waals surface area (Å²) >= 11 is 0. The maximum absolute atomic E-state index is 13.5. The third kappa shape index (κ3) is 3.80. The highest BCUT2D eigenvalue weighted by Gasteiger charge is 2.06. The van der Waals surface area contributed by atoms with Crippen LogP contribution < -0.4 is 10.1 Å². The van der Waals surface area contributed by atoms with Crippen molar-refractivity contribution in [3.8, 4) is 5.75 Å². The Morgan fingerprint density at radius 3 is 2.42 bits per heavy atom. The molecule has 0 fully saturated rings. The minimum Gasteiger partial charge on any atom is -0.488 e. The van der Waals surface area contributed by atoms with E-state index in [9.17, 15) is 4.39 Å². The van der Waals surface area contributed by atoms with E-state index < -0.39 is 0 Å². The van der Waals surface area contributed by atoms with E-state index in [1.54, 1.807) is 12.1 Å². The van der Waals surface area contributed by atoms with E-state index >= 15 is 0 Å². The van der Waals surface area contributed by atoms with Gasteiger partial charge in [-0.05, 0) is 25.1 Å². The van der Waals surface area contributed by atoms with Crippen molar-refractivity contribution in [2.75, 3.05) is 6.54 Å². The third-order valence-corrected chi connectivity index (χ3v) is 2.97. The highest BCUT2D eigenvalue weighted by Crippen LogP contribution is 2.19. The minimum absolute atomic E-state index is 0.222. The number of benzene rings is 2. The van der Waals surface area contributed by atoms with Gasteiger partial charge in [0.2, 0.25) is 0 Å². The molecule has 0 aliphatic carbocycles. The van der Waals surface area contributed by atoms with Gasteiger partial charge >= 0.3 is 0 Å². The van der Waals surface area contributed by atoms with Crippen LogP contribution in [0.15, 0.2) is 48.5 Å². The Balaban J connectivity index is 2.05. The molecule has 2 aromatic rings. The molecule has 0 radical (unpaired) electrons. The molecule has 0 unspecified atom stereocenters. The first-order valence-electron chi connectivity index (χ1n) is 6.57. The molecule has 0 saturated carbocycles. The van der Waals surface area contributed by atoms with E-state index in [0.29, 0.717) is 5.56 Å². The molecule has 100 valence electrons. The summed E-state index contributed by atoms with van der Waals surface area (Å²) in [5, 5.41) is 2.20. The number of rotatable bonds is 6. The molecule has 0 heterocycles. The van der Waals surface area contributed by atoms with Gasteiger partial charge in [-0.15, -0.1) is 0 Å². The lowest BCUT2D eigenvalue weighted by Crippen LogP contribution is -2.81. The van der Waals surface area contributed by atoms with E-state index in [1.165, 1.54) is 6.07 Å². The number of para-hydroxylation sites is 1. The van der Waals surface area contributed by atoms with Gasteiger partial charge in [0, 0.05) is 11.1 Å². The van der Waals surface area contributed by atoms with Crippen molar-refractivity contribution in [2.45, 2.75) is 20.1 Å². The van der Waals surface area contributed by atoms with E-state index in [2.05, 4.69) is 12.2 Å². The summed E-state index contributed by atoms with van der Waals surface area (Å²) in [4.78, 5) is 0. The zero-order valence-corrected chi connectivity index (χ0v) is 11.1. The topological polar surface area (TPSA) is 25.8 Å². The average Bonchev–Trinajstić information content (AvgIpc) is 2.45. The molecule has 0 bridgehead atoms. The lowest BCUT2D eigenvalue weighted by molar-refractivity contribution is -0.667. The summed E-state index contributed by atoms with van der Waals surface area (Å²) in [6.45, 7) is 4.28. The number of hydrogen-bond acceptors (Lipinski definition) is 1. The maximum Gasteiger partial charge on any atom is 0.129 e. The van der Waals surface area contributed by atoms with Crippen LogP contribution in [0.4, 0.5) is 4.39 Å². The van der Waals surface area contributed by atoms with Gasteiger partial charge in [-0.3, -0.25) is 0 Å². The van der Waals surface area contributed by atoms with Crippen molar-refractivity contribution in [2.24, 2.45) is 0 Å². The van der Waals surface area contributed by atoms with Crippen LogP contribution in [0.25, 0.3) is 0 Å². The van der Waals surface area contributed by atoms with Gasteiger partial charge in [0.05, 0.1) is 6.54 Å². The lowest BCUT2D eigenvalue weighted by atomic mass is 10.2. The Morgan fingerprint density at radius 2 is 1.68 bits per heavy atom. The fraction of sp³-hybridized carbons (Fsp3) is 0.250. The van der Waals surface area contributed by atoms with Crippen molar-refractivity contribution in [1.29, 1.82) is 0 Å². The normalized spacial score (nSPS) is 10.4. The Bertz CT molecular complexity index is 528. The molecule has 2 N–H and O–H groups in total. The number of halogens is 1. The quantitative estimate of drug-likeness (QED) is 0.848. The van der Waals surface area contributed by atoms with Crippen LogP contribution in [-0.4, -0.2) is 6.54 Å². The molecule has 0 atom stereocenters. The van der Waals surface area contributed by atoms with Crippen molar-refractivity contribution in [1.82, 2.24) is 0 Å². The van der Waals surface area contributed by atoms with Crippen LogP contribution in [-0.2, 0) is 13.2 Å². The summed E-state index contributed by atoms with van der Waals surface area (Å²) in [6.07, 6.45) is 0. The zero-order chi connectivity index (χ0) is 13.5. The number of ether oxygens (including phenoxy) is 1. The molecule has 3 heteroatoms. The van der Waals surface area contributed by atoms with Gasteiger partial charge in [0.15, 0.2) is 0 Å². The largest absolute Gasteiger partial charge is 0.488 e. The second-order valence-electron chi connectivity index (χ2n) is 4.39. The van der Waals surface area contributed by atoms with E-state index in [-0.39, 0.29) is 12.4 Å². The summed E-state index contributed by atoms with van der Waals surface area (Å²) in [5.41, 5.74) is 1.72. The third-order valence-electron chi connectivity index (χ3n) is 2.97.